The Morgan fingerprint density at radius 1 is 0.625 bits per heavy atom. The first kappa shape index (κ1) is 19.1. The van der Waals surface area contributed by atoms with Gasteiger partial charge < -0.3 is 15.3 Å². The first-order valence-corrected chi connectivity index (χ1v) is 7.80. The van der Waals surface area contributed by atoms with E-state index >= 15 is 0 Å². The molecule has 0 amide bonds. The zero-order chi connectivity index (χ0) is 17.8. The van der Waals surface area contributed by atoms with E-state index in [1.54, 1.807) is 36.4 Å². The highest BCUT2D eigenvalue weighted by atomic mass is 16.3. The fourth-order valence-electron chi connectivity index (χ4n) is 1.80. The molecule has 0 aliphatic heterocycles. The van der Waals surface area contributed by atoms with Crippen LogP contribution >= 0.6 is 0 Å². The van der Waals surface area contributed by atoms with E-state index in [9.17, 15) is 0 Å². The maximum atomic E-state index is 9.11. The lowest BCUT2D eigenvalue weighted by Gasteiger charge is -1.97. The molecule has 24 heavy (non-hydrogen) atoms. The molecule has 3 rings (SSSR count). The molecule has 0 saturated carbocycles. The second-order valence-electron chi connectivity index (χ2n) is 5.10. The summed E-state index contributed by atoms with van der Waals surface area (Å²) in [5, 5.41) is 26.7. The first-order chi connectivity index (χ1) is 11.5. The van der Waals surface area contributed by atoms with Crippen LogP contribution in [0.3, 0.4) is 0 Å². The number of hydrogen-bond acceptors (Lipinski definition) is 3. The number of aromatic hydroxyl groups is 3. The molecule has 0 aromatic heterocycles. The molecule has 0 aliphatic carbocycles. The van der Waals surface area contributed by atoms with Crippen LogP contribution in [0.1, 0.15) is 18.1 Å². The van der Waals surface area contributed by atoms with Gasteiger partial charge in [0, 0.05) is 0 Å². The maximum absolute atomic E-state index is 9.11. The molecule has 0 heterocycles. The van der Waals surface area contributed by atoms with Crippen molar-refractivity contribution in [3.8, 4) is 17.2 Å². The molecule has 3 heteroatoms. The Labute approximate surface area is 143 Å². The molecule has 0 spiro atoms. The maximum Gasteiger partial charge on any atom is 0.118 e. The van der Waals surface area contributed by atoms with Crippen molar-refractivity contribution in [3.63, 3.8) is 0 Å². The lowest BCUT2D eigenvalue weighted by Crippen LogP contribution is -1.77. The third-order valence-electron chi connectivity index (χ3n) is 3.24. The monoisotopic (exact) mass is 324 g/mol. The molecule has 3 aromatic carbocycles. The van der Waals surface area contributed by atoms with Crippen molar-refractivity contribution in [1.82, 2.24) is 0 Å². The van der Waals surface area contributed by atoms with E-state index in [1.165, 1.54) is 0 Å². The van der Waals surface area contributed by atoms with Crippen LogP contribution in [0, 0.1) is 6.92 Å². The molecule has 3 N–H and O–H groups in total. The smallest absolute Gasteiger partial charge is 0.118 e. The average Bonchev–Trinajstić information content (AvgIpc) is 2.60. The predicted octanol–water partition coefficient (Wildman–Crippen LogP) is 5.05. The molecule has 0 unspecified atom stereocenters. The van der Waals surface area contributed by atoms with Gasteiger partial charge in [0.05, 0.1) is 0 Å². The summed E-state index contributed by atoms with van der Waals surface area (Å²) in [5.41, 5.74) is 1.94. The highest BCUT2D eigenvalue weighted by Gasteiger charge is 1.92. The molecule has 126 valence electrons. The summed E-state index contributed by atoms with van der Waals surface area (Å²) in [5.74, 6) is 1.09. The lowest BCUT2D eigenvalue weighted by atomic mass is 10.1. The van der Waals surface area contributed by atoms with Gasteiger partial charge >= 0.3 is 0 Å². The van der Waals surface area contributed by atoms with Crippen molar-refractivity contribution in [2.75, 3.05) is 0 Å². The van der Waals surface area contributed by atoms with Gasteiger partial charge in [0.25, 0.3) is 0 Å². The average molecular weight is 324 g/mol. The minimum absolute atomic E-state index is 0.322. The molecule has 0 fully saturated rings. The Hall–Kier alpha value is -2.94. The normalized spacial score (nSPS) is 9.08. The summed E-state index contributed by atoms with van der Waals surface area (Å²) in [6, 6.07) is 23.4. The molecule has 0 bridgehead atoms. The first-order valence-electron chi connectivity index (χ1n) is 7.80. The lowest BCUT2D eigenvalue weighted by molar-refractivity contribution is 0.469. The standard InChI is InChI=1S/C8H10O.C7H8O.C6H6O/c1-2-7-5-3-4-6-8(7)9;1-6-4-2-3-5-7(6)8;7-6-4-2-1-3-5-6/h3-6,9H,2H2,1H3;2-5,8H,1H3;1-5,7H. The molecular weight excluding hydrogens is 300 g/mol. The van der Waals surface area contributed by atoms with Gasteiger partial charge in [-0.3, -0.25) is 0 Å². The number of aryl methyl sites for hydroxylation is 2. The van der Waals surface area contributed by atoms with Crippen LogP contribution in [0.4, 0.5) is 0 Å². The molecule has 0 aliphatic rings. The number of phenolic OH excluding ortho intramolecular Hbond substituents is 3. The number of rotatable bonds is 1. The van der Waals surface area contributed by atoms with Gasteiger partial charge in [-0.1, -0.05) is 61.5 Å². The summed E-state index contributed by atoms with van der Waals surface area (Å²) in [4.78, 5) is 0. The van der Waals surface area contributed by atoms with Crippen molar-refractivity contribution in [2.45, 2.75) is 20.3 Å². The third kappa shape index (κ3) is 7.36. The Morgan fingerprint density at radius 2 is 1.12 bits per heavy atom. The summed E-state index contributed by atoms with van der Waals surface area (Å²) in [7, 11) is 0. The third-order valence-corrected chi connectivity index (χ3v) is 3.24. The highest BCUT2D eigenvalue weighted by molar-refractivity contribution is 5.31. The van der Waals surface area contributed by atoms with Crippen LogP contribution < -0.4 is 0 Å². The molecule has 0 radical (unpaired) electrons. The van der Waals surface area contributed by atoms with Crippen molar-refractivity contribution in [1.29, 1.82) is 0 Å². The van der Waals surface area contributed by atoms with Crippen LogP contribution in [0.2, 0.25) is 0 Å². The topological polar surface area (TPSA) is 60.7 Å². The van der Waals surface area contributed by atoms with Crippen LogP contribution in [-0.2, 0) is 6.42 Å². The zero-order valence-corrected chi connectivity index (χ0v) is 14.1. The summed E-state index contributed by atoms with van der Waals surface area (Å²) >= 11 is 0. The van der Waals surface area contributed by atoms with Crippen molar-refractivity contribution >= 4 is 0 Å². The van der Waals surface area contributed by atoms with Gasteiger partial charge in [0.2, 0.25) is 0 Å². The van der Waals surface area contributed by atoms with Crippen LogP contribution in [-0.4, -0.2) is 15.3 Å². The van der Waals surface area contributed by atoms with Crippen LogP contribution in [0.5, 0.6) is 17.2 Å². The zero-order valence-electron chi connectivity index (χ0n) is 14.1. The van der Waals surface area contributed by atoms with Crippen LogP contribution in [0.25, 0.3) is 0 Å². The van der Waals surface area contributed by atoms with E-state index in [4.69, 9.17) is 15.3 Å². The van der Waals surface area contributed by atoms with Gasteiger partial charge in [0.1, 0.15) is 17.2 Å². The number of hydrogen-bond donors (Lipinski definition) is 3. The second kappa shape index (κ2) is 10.7. The van der Waals surface area contributed by atoms with Gasteiger partial charge in [-0.25, -0.2) is 0 Å². The molecular formula is C21H24O3. The van der Waals surface area contributed by atoms with Gasteiger partial charge in [-0.15, -0.1) is 0 Å². The number of para-hydroxylation sites is 3. The predicted molar refractivity (Wildman–Crippen MR) is 98.4 cm³/mol. The number of benzene rings is 3. The van der Waals surface area contributed by atoms with Crippen LogP contribution in [0.15, 0.2) is 78.9 Å². The van der Waals surface area contributed by atoms with E-state index in [2.05, 4.69) is 0 Å². The quantitative estimate of drug-likeness (QED) is 0.587. The minimum Gasteiger partial charge on any atom is -0.508 e. The van der Waals surface area contributed by atoms with Gasteiger partial charge in [-0.05, 0) is 48.7 Å². The summed E-state index contributed by atoms with van der Waals surface area (Å²) in [6.07, 6.45) is 0.896. The Bertz CT molecular complexity index is 688. The van der Waals surface area contributed by atoms with Crippen molar-refractivity contribution in [2.24, 2.45) is 0 Å². The second-order valence-corrected chi connectivity index (χ2v) is 5.10. The van der Waals surface area contributed by atoms with E-state index in [0.29, 0.717) is 17.2 Å². The molecule has 3 aromatic rings. The van der Waals surface area contributed by atoms with Crippen molar-refractivity contribution in [3.05, 3.63) is 90.0 Å². The SMILES string of the molecule is CCc1ccccc1O.Cc1ccccc1O.Oc1ccccc1. The minimum atomic E-state index is 0.322. The van der Waals surface area contributed by atoms with E-state index in [0.717, 1.165) is 17.5 Å². The number of phenols is 3. The Balaban J connectivity index is 0.000000181. The van der Waals surface area contributed by atoms with E-state index in [1.807, 2.05) is 56.3 Å². The van der Waals surface area contributed by atoms with Crippen molar-refractivity contribution < 1.29 is 15.3 Å². The summed E-state index contributed by atoms with van der Waals surface area (Å²) in [6.45, 7) is 3.89. The summed E-state index contributed by atoms with van der Waals surface area (Å²) < 4.78 is 0. The highest BCUT2D eigenvalue weighted by Crippen LogP contribution is 2.15. The van der Waals surface area contributed by atoms with E-state index in [-0.39, 0.29) is 0 Å². The van der Waals surface area contributed by atoms with Gasteiger partial charge in [0.15, 0.2) is 0 Å². The largest absolute Gasteiger partial charge is 0.508 e. The fourth-order valence-corrected chi connectivity index (χ4v) is 1.80. The molecule has 0 saturated heterocycles. The molecule has 3 nitrogen and oxygen atoms in total. The Morgan fingerprint density at radius 3 is 1.46 bits per heavy atom. The fraction of sp³-hybridized carbons (Fsp3) is 0.143. The van der Waals surface area contributed by atoms with Gasteiger partial charge in [-0.2, -0.15) is 0 Å². The molecule has 0 atom stereocenters. The van der Waals surface area contributed by atoms with E-state index < -0.39 is 0 Å². The Kier molecular flexibility index (Phi) is 8.54.